The third kappa shape index (κ3) is 3.79. The lowest BCUT2D eigenvalue weighted by Crippen LogP contribution is -2.47. The Morgan fingerprint density at radius 2 is 2.14 bits per heavy atom. The third-order valence-electron chi connectivity index (χ3n) is 6.56. The van der Waals surface area contributed by atoms with Crippen molar-refractivity contribution in [2.24, 2.45) is 0 Å². The number of hydrogen-bond donors (Lipinski definition) is 2. The normalized spacial score (nSPS) is 19.0. The number of halogens is 4. The van der Waals surface area contributed by atoms with E-state index in [0.717, 1.165) is 5.56 Å². The van der Waals surface area contributed by atoms with Crippen molar-refractivity contribution in [2.75, 3.05) is 25.0 Å². The number of benzene rings is 1. The van der Waals surface area contributed by atoms with E-state index in [1.165, 1.54) is 23.3 Å². The number of nitrogens with zero attached hydrogens (tertiary/aromatic N) is 5. The van der Waals surface area contributed by atoms with Crippen molar-refractivity contribution in [3.63, 3.8) is 0 Å². The summed E-state index contributed by atoms with van der Waals surface area (Å²) in [5.74, 6) is -2.12. The number of piperidine rings is 1. The Hall–Kier alpha value is -3.31. The van der Waals surface area contributed by atoms with Crippen LogP contribution in [0, 0.1) is 5.82 Å². The molecular formula is C23H21ClF3N7O. The molecule has 8 nitrogen and oxygen atoms in total. The van der Waals surface area contributed by atoms with Crippen molar-refractivity contribution in [2.45, 2.75) is 31.4 Å². The third-order valence-corrected chi connectivity index (χ3v) is 6.84. The molecule has 2 N–H and O–H groups in total. The number of fused-ring (bicyclic) bond motifs is 2. The minimum absolute atomic E-state index is 0.193. The number of imidazole rings is 1. The molecule has 2 aliphatic rings. The highest BCUT2D eigenvalue weighted by atomic mass is 35.5. The highest BCUT2D eigenvalue weighted by Crippen LogP contribution is 2.36. The van der Waals surface area contributed by atoms with Crippen molar-refractivity contribution in [1.29, 1.82) is 0 Å². The molecule has 1 aromatic carbocycles. The van der Waals surface area contributed by atoms with E-state index in [9.17, 15) is 13.2 Å². The summed E-state index contributed by atoms with van der Waals surface area (Å²) >= 11 is 6.40. The second kappa shape index (κ2) is 8.42. The zero-order valence-electron chi connectivity index (χ0n) is 18.4. The number of ether oxygens (including phenoxy) is 1. The van der Waals surface area contributed by atoms with Gasteiger partial charge in [0.25, 0.3) is 5.92 Å². The molecule has 12 heteroatoms. The highest BCUT2D eigenvalue weighted by Gasteiger charge is 2.43. The molecular weight excluding hydrogens is 483 g/mol. The summed E-state index contributed by atoms with van der Waals surface area (Å²) < 4.78 is 51.9. The average Bonchev–Trinajstić information content (AvgIpc) is 3.59. The number of alkyl halides is 2. The molecule has 0 radical (unpaired) electrons. The first kappa shape index (κ1) is 22.2. The Morgan fingerprint density at radius 3 is 3.00 bits per heavy atom. The Labute approximate surface area is 203 Å². The van der Waals surface area contributed by atoms with Gasteiger partial charge in [0.2, 0.25) is 5.95 Å². The quantitative estimate of drug-likeness (QED) is 0.427. The number of aromatic nitrogens is 5. The van der Waals surface area contributed by atoms with E-state index in [1.807, 2.05) is 0 Å². The molecule has 1 saturated heterocycles. The van der Waals surface area contributed by atoms with Gasteiger partial charge in [0.05, 0.1) is 24.9 Å². The molecule has 0 amide bonds. The number of nitrogens with one attached hydrogen (secondary N) is 2. The molecule has 35 heavy (non-hydrogen) atoms. The Morgan fingerprint density at radius 1 is 1.26 bits per heavy atom. The molecule has 1 fully saturated rings. The maximum absolute atomic E-state index is 14.5. The van der Waals surface area contributed by atoms with Crippen LogP contribution < -0.4 is 15.4 Å². The monoisotopic (exact) mass is 503 g/mol. The van der Waals surface area contributed by atoms with Crippen LogP contribution in [0.5, 0.6) is 5.75 Å². The van der Waals surface area contributed by atoms with Crippen LogP contribution in [0.1, 0.15) is 23.6 Å². The van der Waals surface area contributed by atoms with Crippen molar-refractivity contribution in [1.82, 2.24) is 29.5 Å². The van der Waals surface area contributed by atoms with Crippen molar-refractivity contribution < 1.29 is 17.9 Å². The first-order valence-electron chi connectivity index (χ1n) is 11.2. The molecule has 1 unspecified atom stereocenters. The van der Waals surface area contributed by atoms with Crippen LogP contribution >= 0.6 is 11.6 Å². The Kier molecular flexibility index (Phi) is 5.33. The summed E-state index contributed by atoms with van der Waals surface area (Å²) in [6.07, 6.45) is 7.11. The van der Waals surface area contributed by atoms with Gasteiger partial charge in [-0.1, -0.05) is 11.6 Å². The summed E-state index contributed by atoms with van der Waals surface area (Å²) in [5, 5.41) is 10.3. The lowest BCUT2D eigenvalue weighted by molar-refractivity contribution is -0.0697. The minimum atomic E-state index is -2.91. The van der Waals surface area contributed by atoms with Crippen LogP contribution in [0.3, 0.4) is 0 Å². The predicted molar refractivity (Wildman–Crippen MR) is 124 cm³/mol. The topological polar surface area (TPSA) is 81.3 Å². The van der Waals surface area contributed by atoms with Gasteiger partial charge in [0.15, 0.2) is 5.15 Å². The van der Waals surface area contributed by atoms with Gasteiger partial charge in [-0.05, 0) is 25.1 Å². The van der Waals surface area contributed by atoms with Gasteiger partial charge in [-0.3, -0.25) is 9.08 Å². The van der Waals surface area contributed by atoms with Gasteiger partial charge in [0.1, 0.15) is 23.9 Å². The second-order valence-electron chi connectivity index (χ2n) is 8.66. The Bertz CT molecular complexity index is 1420. The number of rotatable bonds is 5. The molecule has 0 spiro atoms. The molecule has 4 aromatic rings. The molecule has 0 saturated carbocycles. The van der Waals surface area contributed by atoms with Gasteiger partial charge in [-0.2, -0.15) is 5.10 Å². The molecule has 2 aliphatic heterocycles. The van der Waals surface area contributed by atoms with E-state index in [0.29, 0.717) is 53.5 Å². The van der Waals surface area contributed by atoms with Crippen molar-refractivity contribution in [3.05, 3.63) is 59.1 Å². The van der Waals surface area contributed by atoms with Crippen LogP contribution in [0.15, 0.2) is 37.1 Å². The van der Waals surface area contributed by atoms with E-state index in [2.05, 4.69) is 25.7 Å². The fourth-order valence-electron chi connectivity index (χ4n) is 4.79. The lowest BCUT2D eigenvalue weighted by Gasteiger charge is -2.31. The number of anilines is 1. The van der Waals surface area contributed by atoms with Gasteiger partial charge < -0.3 is 15.4 Å². The summed E-state index contributed by atoms with van der Waals surface area (Å²) in [7, 11) is 0. The summed E-state index contributed by atoms with van der Waals surface area (Å²) in [5.41, 5.74) is 3.10. The SMILES string of the molecule is Fc1ccc2c(c1CNc1ncc(-c3cnn(C4CCNCC4(F)F)c3)c3c(Cl)ncn13)CCO2. The van der Waals surface area contributed by atoms with E-state index in [-0.39, 0.29) is 30.5 Å². The lowest BCUT2D eigenvalue weighted by atomic mass is 10.0. The van der Waals surface area contributed by atoms with E-state index < -0.39 is 12.0 Å². The molecule has 182 valence electrons. The molecule has 0 bridgehead atoms. The molecule has 1 atom stereocenters. The fraction of sp³-hybridized carbons (Fsp3) is 0.348. The van der Waals surface area contributed by atoms with Gasteiger partial charge in [-0.25, -0.2) is 23.1 Å². The summed E-state index contributed by atoms with van der Waals surface area (Å²) in [6, 6.07) is 2.00. The van der Waals surface area contributed by atoms with Crippen LogP contribution in [-0.2, 0) is 13.0 Å². The number of hydrogen-bond acceptors (Lipinski definition) is 6. The Balaban J connectivity index is 1.32. The van der Waals surface area contributed by atoms with Crippen LogP contribution in [0.25, 0.3) is 16.6 Å². The largest absolute Gasteiger partial charge is 0.493 e. The summed E-state index contributed by atoms with van der Waals surface area (Å²) in [6.45, 7) is 0.827. The van der Waals surface area contributed by atoms with Crippen LogP contribution in [0.4, 0.5) is 19.1 Å². The van der Waals surface area contributed by atoms with E-state index in [1.54, 1.807) is 22.9 Å². The van der Waals surface area contributed by atoms with E-state index >= 15 is 0 Å². The fourth-order valence-corrected chi connectivity index (χ4v) is 5.03. The zero-order chi connectivity index (χ0) is 24.2. The maximum Gasteiger partial charge on any atom is 0.282 e. The summed E-state index contributed by atoms with van der Waals surface area (Å²) in [4.78, 5) is 8.68. The average molecular weight is 504 g/mol. The van der Waals surface area contributed by atoms with Crippen LogP contribution in [0.2, 0.25) is 5.15 Å². The van der Waals surface area contributed by atoms with Gasteiger partial charge in [-0.15, -0.1) is 0 Å². The molecule has 5 heterocycles. The predicted octanol–water partition coefficient (Wildman–Crippen LogP) is 4.10. The second-order valence-corrected chi connectivity index (χ2v) is 9.01. The van der Waals surface area contributed by atoms with Crippen molar-refractivity contribution in [3.8, 4) is 16.9 Å². The molecule has 6 rings (SSSR count). The molecule has 0 aliphatic carbocycles. The van der Waals surface area contributed by atoms with E-state index in [4.69, 9.17) is 16.3 Å². The minimum Gasteiger partial charge on any atom is -0.493 e. The first-order chi connectivity index (χ1) is 16.9. The van der Waals surface area contributed by atoms with Crippen molar-refractivity contribution >= 4 is 23.1 Å². The van der Waals surface area contributed by atoms with Gasteiger partial charge in [0, 0.05) is 47.6 Å². The molecule has 3 aromatic heterocycles. The first-order valence-corrected chi connectivity index (χ1v) is 11.6. The standard InChI is InChI=1S/C23H21ClF3N7O/c24-21-20-15(13-7-32-34(10-13)19-3-5-28-11-23(19,26)27)8-29-22(33(20)12-31-21)30-9-16-14-4-6-35-18(14)2-1-17(16)25/h1-2,7-8,10,12,19,28H,3-6,9,11H2,(H,29,30). The van der Waals surface area contributed by atoms with Crippen LogP contribution in [-0.4, -0.2) is 49.8 Å². The maximum atomic E-state index is 14.5. The smallest absolute Gasteiger partial charge is 0.282 e. The zero-order valence-corrected chi connectivity index (χ0v) is 19.2. The highest BCUT2D eigenvalue weighted by molar-refractivity contribution is 6.33. The van der Waals surface area contributed by atoms with Gasteiger partial charge >= 0.3 is 0 Å².